The topological polar surface area (TPSA) is 58.6 Å². The molecule has 1 aliphatic rings. The van der Waals surface area contributed by atoms with E-state index in [0.717, 1.165) is 5.82 Å². The molecule has 2 aromatic carbocycles. The molecule has 1 fully saturated rings. The van der Waals surface area contributed by atoms with Gasteiger partial charge in [-0.3, -0.25) is 4.79 Å². The number of ether oxygens (including phenoxy) is 1. The van der Waals surface area contributed by atoms with Crippen molar-refractivity contribution in [3.8, 4) is 11.6 Å². The van der Waals surface area contributed by atoms with Crippen LogP contribution in [0.3, 0.4) is 0 Å². The summed E-state index contributed by atoms with van der Waals surface area (Å²) < 4.78 is 5.81. The Labute approximate surface area is 195 Å². The van der Waals surface area contributed by atoms with E-state index in [9.17, 15) is 4.79 Å². The summed E-state index contributed by atoms with van der Waals surface area (Å²) in [5.41, 5.74) is 0.450. The van der Waals surface area contributed by atoms with Crippen LogP contribution in [0.4, 0.5) is 5.82 Å². The first-order valence-corrected chi connectivity index (χ1v) is 10.8. The Hall–Kier alpha value is -2.54. The number of nitrogens with zero attached hydrogens (tertiary/aromatic N) is 4. The van der Waals surface area contributed by atoms with E-state index >= 15 is 0 Å². The highest BCUT2D eigenvalue weighted by Gasteiger charge is 2.30. The summed E-state index contributed by atoms with van der Waals surface area (Å²) in [6, 6.07) is 13.8. The average Bonchev–Trinajstić information content (AvgIpc) is 2.73. The summed E-state index contributed by atoms with van der Waals surface area (Å²) in [6.07, 6.45) is 1.46. The molecule has 0 spiro atoms. The molecule has 1 saturated heterocycles. The normalized spacial score (nSPS) is 16.3. The van der Waals surface area contributed by atoms with Gasteiger partial charge < -0.3 is 14.5 Å². The lowest BCUT2D eigenvalue weighted by atomic mass is 10.1. The van der Waals surface area contributed by atoms with Crippen LogP contribution in [-0.2, 0) is 0 Å². The van der Waals surface area contributed by atoms with Crippen molar-refractivity contribution in [2.45, 2.75) is 13.0 Å². The molecule has 0 radical (unpaired) electrons. The van der Waals surface area contributed by atoms with Crippen LogP contribution < -0.4 is 9.64 Å². The second-order valence-corrected chi connectivity index (χ2v) is 8.47. The molecule has 0 saturated carbocycles. The van der Waals surface area contributed by atoms with E-state index in [4.69, 9.17) is 39.5 Å². The van der Waals surface area contributed by atoms with E-state index in [2.05, 4.69) is 14.9 Å². The molecule has 1 aliphatic heterocycles. The number of aromatic nitrogens is 2. The number of hydrogen-bond acceptors (Lipinski definition) is 5. The summed E-state index contributed by atoms with van der Waals surface area (Å²) in [5, 5.41) is 1.44. The molecule has 0 N–H and O–H groups in total. The zero-order valence-corrected chi connectivity index (χ0v) is 18.9. The van der Waals surface area contributed by atoms with Gasteiger partial charge in [-0.1, -0.05) is 40.9 Å². The number of anilines is 1. The van der Waals surface area contributed by atoms with E-state index in [-0.39, 0.29) is 11.9 Å². The molecule has 31 heavy (non-hydrogen) atoms. The molecular formula is C22H19Cl3N4O2. The predicted molar refractivity (Wildman–Crippen MR) is 123 cm³/mol. The van der Waals surface area contributed by atoms with Crippen molar-refractivity contribution >= 4 is 46.5 Å². The smallest absolute Gasteiger partial charge is 0.255 e. The zero-order valence-electron chi connectivity index (χ0n) is 16.6. The molecule has 9 heteroatoms. The minimum atomic E-state index is -0.110. The number of benzene rings is 2. The van der Waals surface area contributed by atoms with Gasteiger partial charge in [-0.15, -0.1) is 0 Å². The van der Waals surface area contributed by atoms with Crippen LogP contribution in [0, 0.1) is 0 Å². The van der Waals surface area contributed by atoms with Crippen LogP contribution in [-0.4, -0.2) is 46.5 Å². The number of rotatable bonds is 4. The number of hydrogen-bond donors (Lipinski definition) is 0. The third-order valence-electron chi connectivity index (χ3n) is 5.02. The van der Waals surface area contributed by atoms with E-state index in [1.165, 1.54) is 6.33 Å². The Morgan fingerprint density at radius 1 is 1.03 bits per heavy atom. The van der Waals surface area contributed by atoms with Gasteiger partial charge in [-0.05, 0) is 43.3 Å². The van der Waals surface area contributed by atoms with Crippen molar-refractivity contribution in [1.82, 2.24) is 14.9 Å². The van der Waals surface area contributed by atoms with Gasteiger partial charge in [-0.2, -0.15) is 0 Å². The fourth-order valence-electron chi connectivity index (χ4n) is 3.49. The molecule has 1 amide bonds. The highest BCUT2D eigenvalue weighted by atomic mass is 35.5. The first-order valence-electron chi connectivity index (χ1n) is 9.67. The second-order valence-electron chi connectivity index (χ2n) is 7.19. The number of piperazine rings is 1. The van der Waals surface area contributed by atoms with Crippen LogP contribution in [0.2, 0.25) is 15.1 Å². The molecule has 1 aromatic heterocycles. The molecule has 3 aromatic rings. The Balaban J connectivity index is 1.45. The zero-order chi connectivity index (χ0) is 22.0. The summed E-state index contributed by atoms with van der Waals surface area (Å²) in [4.78, 5) is 25.5. The molecule has 1 unspecified atom stereocenters. The fourth-order valence-corrected chi connectivity index (χ4v) is 4.16. The van der Waals surface area contributed by atoms with Crippen molar-refractivity contribution < 1.29 is 9.53 Å². The van der Waals surface area contributed by atoms with Gasteiger partial charge in [0.1, 0.15) is 17.9 Å². The number of carbonyl (C=O) groups is 1. The minimum Gasteiger partial charge on any atom is -0.439 e. The van der Waals surface area contributed by atoms with Crippen LogP contribution in [0.15, 0.2) is 54.9 Å². The summed E-state index contributed by atoms with van der Waals surface area (Å²) in [5.74, 6) is 1.64. The van der Waals surface area contributed by atoms with E-state index in [0.29, 0.717) is 51.9 Å². The molecule has 6 nitrogen and oxygen atoms in total. The molecule has 2 heterocycles. The van der Waals surface area contributed by atoms with Gasteiger partial charge in [0, 0.05) is 41.8 Å². The molecule has 1 atom stereocenters. The van der Waals surface area contributed by atoms with Gasteiger partial charge in [0.15, 0.2) is 0 Å². The molecule has 0 aliphatic carbocycles. The van der Waals surface area contributed by atoms with Gasteiger partial charge in [-0.25, -0.2) is 9.97 Å². The van der Waals surface area contributed by atoms with Gasteiger partial charge in [0.25, 0.3) is 5.91 Å². The highest BCUT2D eigenvalue weighted by Crippen LogP contribution is 2.27. The first kappa shape index (κ1) is 21.7. The number of carbonyl (C=O) groups excluding carboxylic acids is 1. The van der Waals surface area contributed by atoms with E-state index in [1.54, 1.807) is 36.4 Å². The maximum atomic E-state index is 13.0. The number of halogens is 3. The molecule has 160 valence electrons. The summed E-state index contributed by atoms with van der Waals surface area (Å²) in [6.45, 7) is 3.77. The van der Waals surface area contributed by atoms with Crippen molar-refractivity contribution in [2.24, 2.45) is 0 Å². The van der Waals surface area contributed by atoms with Gasteiger partial charge >= 0.3 is 0 Å². The lowest BCUT2D eigenvalue weighted by Gasteiger charge is -2.40. The highest BCUT2D eigenvalue weighted by molar-refractivity contribution is 6.36. The Kier molecular flexibility index (Phi) is 6.51. The van der Waals surface area contributed by atoms with Crippen LogP contribution in [0.1, 0.15) is 17.3 Å². The third-order valence-corrected chi connectivity index (χ3v) is 5.80. The monoisotopic (exact) mass is 476 g/mol. The Morgan fingerprint density at radius 3 is 2.58 bits per heavy atom. The molecule has 0 bridgehead atoms. The Morgan fingerprint density at radius 2 is 1.84 bits per heavy atom. The van der Waals surface area contributed by atoms with Gasteiger partial charge in [0.05, 0.1) is 10.6 Å². The van der Waals surface area contributed by atoms with Crippen LogP contribution >= 0.6 is 34.8 Å². The minimum absolute atomic E-state index is 0.0414. The largest absolute Gasteiger partial charge is 0.439 e. The number of amides is 1. The van der Waals surface area contributed by atoms with Crippen molar-refractivity contribution in [3.05, 3.63) is 75.5 Å². The fraction of sp³-hybridized carbons (Fsp3) is 0.227. The summed E-state index contributed by atoms with van der Waals surface area (Å²) in [7, 11) is 0. The van der Waals surface area contributed by atoms with Crippen LogP contribution in [0.25, 0.3) is 0 Å². The maximum absolute atomic E-state index is 13.0. The van der Waals surface area contributed by atoms with Crippen molar-refractivity contribution in [2.75, 3.05) is 24.5 Å². The van der Waals surface area contributed by atoms with Gasteiger partial charge in [0.2, 0.25) is 5.88 Å². The van der Waals surface area contributed by atoms with E-state index < -0.39 is 0 Å². The molecular weight excluding hydrogens is 459 g/mol. The van der Waals surface area contributed by atoms with Crippen LogP contribution in [0.5, 0.6) is 11.6 Å². The lowest BCUT2D eigenvalue weighted by molar-refractivity contribution is 0.0674. The summed E-state index contributed by atoms with van der Waals surface area (Å²) >= 11 is 18.2. The first-order chi connectivity index (χ1) is 14.9. The predicted octanol–water partition coefficient (Wildman–Crippen LogP) is 5.58. The van der Waals surface area contributed by atoms with E-state index in [1.807, 2.05) is 24.0 Å². The quantitative estimate of drug-likeness (QED) is 0.491. The Bertz CT molecular complexity index is 1110. The second kappa shape index (κ2) is 9.30. The lowest BCUT2D eigenvalue weighted by Crippen LogP contribution is -2.54. The molecule has 4 rings (SSSR count). The average molecular weight is 478 g/mol. The standard InChI is InChI=1S/C22H19Cl3N4O2/c1-14-12-28(7-8-29(14)22(30)18-6-5-16(24)10-19(18)25)20-11-21(27-13-26-20)31-17-4-2-3-15(23)9-17/h2-6,9-11,13-14H,7-8,12H2,1H3. The van der Waals surface area contributed by atoms with Crippen molar-refractivity contribution in [1.29, 1.82) is 0 Å². The maximum Gasteiger partial charge on any atom is 0.255 e. The SMILES string of the molecule is CC1CN(c2cc(Oc3cccc(Cl)c3)ncn2)CCN1C(=O)c1ccc(Cl)cc1Cl. The van der Waals surface area contributed by atoms with Crippen molar-refractivity contribution in [3.63, 3.8) is 0 Å². The third kappa shape index (κ3) is 5.03.